The first-order chi connectivity index (χ1) is 9.63. The first kappa shape index (κ1) is 12.5. The number of amides is 1. The van der Waals surface area contributed by atoms with Crippen LogP contribution in [0.5, 0.6) is 5.75 Å². The summed E-state index contributed by atoms with van der Waals surface area (Å²) in [7, 11) is 0. The molecule has 0 atom stereocenters. The summed E-state index contributed by atoms with van der Waals surface area (Å²) < 4.78 is 0. The van der Waals surface area contributed by atoms with Crippen LogP contribution in [0.1, 0.15) is 10.4 Å². The zero-order chi connectivity index (χ0) is 14.1. The zero-order valence-corrected chi connectivity index (χ0v) is 11.0. The third-order valence-electron chi connectivity index (χ3n) is 2.89. The Balaban J connectivity index is 1.86. The predicted octanol–water partition coefficient (Wildman–Crippen LogP) is 3.17. The lowest BCUT2D eigenvalue weighted by Gasteiger charge is -2.06. The molecule has 0 saturated carbocycles. The number of carbonyl (C=O) groups is 1. The molecular weight excluding hydrogens is 278 g/mol. The number of carbonyl (C=O) groups excluding carboxylic acids is 1. The molecule has 0 bridgehead atoms. The van der Waals surface area contributed by atoms with Gasteiger partial charge in [-0.05, 0) is 30.3 Å². The van der Waals surface area contributed by atoms with Gasteiger partial charge in [0.25, 0.3) is 5.91 Å². The van der Waals surface area contributed by atoms with E-state index in [1.807, 2.05) is 0 Å². The molecule has 2 aromatic carbocycles. The van der Waals surface area contributed by atoms with E-state index in [2.05, 4.69) is 15.3 Å². The van der Waals surface area contributed by atoms with Crippen molar-refractivity contribution in [2.24, 2.45) is 0 Å². The van der Waals surface area contributed by atoms with Crippen molar-refractivity contribution in [2.75, 3.05) is 5.32 Å². The highest BCUT2D eigenvalue weighted by Gasteiger charge is 2.09. The quantitative estimate of drug-likeness (QED) is 0.677. The molecule has 0 radical (unpaired) electrons. The molecule has 3 aromatic rings. The molecular formula is C14H10ClN3O2. The van der Waals surface area contributed by atoms with E-state index >= 15 is 0 Å². The van der Waals surface area contributed by atoms with E-state index < -0.39 is 0 Å². The van der Waals surface area contributed by atoms with Crippen LogP contribution in [0.2, 0.25) is 5.02 Å². The van der Waals surface area contributed by atoms with Gasteiger partial charge in [0.05, 0.1) is 22.4 Å². The Bertz CT molecular complexity index is 798. The van der Waals surface area contributed by atoms with Crippen LogP contribution < -0.4 is 5.32 Å². The molecule has 0 spiro atoms. The van der Waals surface area contributed by atoms with Gasteiger partial charge >= 0.3 is 0 Å². The third kappa shape index (κ3) is 2.31. The number of hydrogen-bond donors (Lipinski definition) is 3. The van der Waals surface area contributed by atoms with E-state index in [9.17, 15) is 9.90 Å². The van der Waals surface area contributed by atoms with E-state index in [0.717, 1.165) is 11.0 Å². The average Bonchev–Trinajstić information content (AvgIpc) is 2.90. The largest absolute Gasteiger partial charge is 0.506 e. The lowest BCUT2D eigenvalue weighted by Crippen LogP contribution is -2.11. The Morgan fingerprint density at radius 3 is 2.90 bits per heavy atom. The van der Waals surface area contributed by atoms with E-state index in [-0.39, 0.29) is 16.7 Å². The number of nitrogens with one attached hydrogen (secondary N) is 2. The molecule has 3 rings (SSSR count). The Kier molecular flexibility index (Phi) is 3.04. The van der Waals surface area contributed by atoms with Gasteiger partial charge in [-0.15, -0.1) is 0 Å². The average molecular weight is 288 g/mol. The number of benzene rings is 2. The topological polar surface area (TPSA) is 78.0 Å². The van der Waals surface area contributed by atoms with Crippen LogP contribution in [0.15, 0.2) is 42.7 Å². The van der Waals surface area contributed by atoms with Crippen molar-refractivity contribution in [3.63, 3.8) is 0 Å². The Morgan fingerprint density at radius 2 is 2.10 bits per heavy atom. The summed E-state index contributed by atoms with van der Waals surface area (Å²) in [5, 5.41) is 12.4. The summed E-state index contributed by atoms with van der Waals surface area (Å²) in [5.41, 5.74) is 2.56. The minimum absolute atomic E-state index is 0.0755. The van der Waals surface area contributed by atoms with Gasteiger partial charge in [-0.3, -0.25) is 4.79 Å². The maximum atomic E-state index is 12.1. The van der Waals surface area contributed by atoms with Gasteiger partial charge in [-0.1, -0.05) is 11.6 Å². The van der Waals surface area contributed by atoms with Crippen molar-refractivity contribution in [1.82, 2.24) is 9.97 Å². The molecule has 5 nitrogen and oxygen atoms in total. The van der Waals surface area contributed by atoms with E-state index in [4.69, 9.17) is 11.6 Å². The van der Waals surface area contributed by atoms with Crippen LogP contribution in [0.3, 0.4) is 0 Å². The Hall–Kier alpha value is -2.53. The highest BCUT2D eigenvalue weighted by atomic mass is 35.5. The molecule has 1 heterocycles. The fourth-order valence-electron chi connectivity index (χ4n) is 1.87. The molecule has 20 heavy (non-hydrogen) atoms. The number of phenols is 1. The fraction of sp³-hybridized carbons (Fsp3) is 0. The molecule has 1 amide bonds. The lowest BCUT2D eigenvalue weighted by atomic mass is 10.2. The van der Waals surface area contributed by atoms with Crippen molar-refractivity contribution in [1.29, 1.82) is 0 Å². The highest BCUT2D eigenvalue weighted by molar-refractivity contribution is 6.32. The van der Waals surface area contributed by atoms with Crippen LogP contribution in [0, 0.1) is 0 Å². The summed E-state index contributed by atoms with van der Waals surface area (Å²) in [4.78, 5) is 19.2. The maximum Gasteiger partial charge on any atom is 0.255 e. The summed E-state index contributed by atoms with van der Waals surface area (Å²) in [6.45, 7) is 0. The summed E-state index contributed by atoms with van der Waals surface area (Å²) >= 11 is 5.71. The number of anilines is 1. The van der Waals surface area contributed by atoms with Gasteiger partial charge in [0.15, 0.2) is 0 Å². The number of aromatic hydroxyl groups is 1. The van der Waals surface area contributed by atoms with E-state index in [0.29, 0.717) is 11.3 Å². The van der Waals surface area contributed by atoms with Crippen LogP contribution in [-0.2, 0) is 0 Å². The summed E-state index contributed by atoms with van der Waals surface area (Å²) in [5.74, 6) is -0.350. The van der Waals surface area contributed by atoms with E-state index in [1.54, 1.807) is 30.6 Å². The number of phenolic OH excluding ortho intramolecular Hbond substituents is 1. The third-order valence-corrected chi connectivity index (χ3v) is 3.21. The monoisotopic (exact) mass is 287 g/mol. The standard InChI is InChI=1S/C14H10ClN3O2/c15-10-3-2-9(6-13(10)19)18-14(20)8-1-4-11-12(5-8)17-7-16-11/h1-7,19H,(H,16,17)(H,18,20). The number of rotatable bonds is 2. The van der Waals surface area contributed by atoms with Gasteiger partial charge < -0.3 is 15.4 Å². The molecule has 0 fully saturated rings. The second-order valence-electron chi connectivity index (χ2n) is 4.25. The summed E-state index contributed by atoms with van der Waals surface area (Å²) in [6.07, 6.45) is 1.57. The number of nitrogens with zero attached hydrogens (tertiary/aromatic N) is 1. The van der Waals surface area contributed by atoms with Crippen LogP contribution in [-0.4, -0.2) is 21.0 Å². The molecule has 0 unspecified atom stereocenters. The first-order valence-electron chi connectivity index (χ1n) is 5.86. The normalized spacial score (nSPS) is 10.7. The minimum atomic E-state index is -0.275. The SMILES string of the molecule is O=C(Nc1ccc(Cl)c(O)c1)c1ccc2nc[nH]c2c1. The van der Waals surface area contributed by atoms with Crippen LogP contribution in [0.25, 0.3) is 11.0 Å². The lowest BCUT2D eigenvalue weighted by molar-refractivity contribution is 0.102. The number of fused-ring (bicyclic) bond motifs is 1. The first-order valence-corrected chi connectivity index (χ1v) is 6.24. The van der Waals surface area contributed by atoms with Crippen molar-refractivity contribution >= 4 is 34.2 Å². The summed E-state index contributed by atoms with van der Waals surface area (Å²) in [6, 6.07) is 9.70. The van der Waals surface area contributed by atoms with E-state index in [1.165, 1.54) is 12.1 Å². The zero-order valence-electron chi connectivity index (χ0n) is 10.2. The van der Waals surface area contributed by atoms with Gasteiger partial charge in [0, 0.05) is 17.3 Å². The van der Waals surface area contributed by atoms with Crippen molar-refractivity contribution in [3.8, 4) is 5.75 Å². The number of H-pyrrole nitrogens is 1. The predicted molar refractivity (Wildman–Crippen MR) is 77.2 cm³/mol. The fourth-order valence-corrected chi connectivity index (χ4v) is 1.99. The molecule has 1 aromatic heterocycles. The number of halogens is 1. The molecule has 100 valence electrons. The number of aromatic amines is 1. The van der Waals surface area contributed by atoms with Crippen molar-refractivity contribution in [3.05, 3.63) is 53.3 Å². The van der Waals surface area contributed by atoms with Gasteiger partial charge in [0.1, 0.15) is 5.75 Å². The second kappa shape index (κ2) is 4.86. The number of hydrogen-bond acceptors (Lipinski definition) is 3. The molecule has 0 aliphatic rings. The molecule has 3 N–H and O–H groups in total. The van der Waals surface area contributed by atoms with Crippen molar-refractivity contribution in [2.45, 2.75) is 0 Å². The number of aromatic nitrogens is 2. The van der Waals surface area contributed by atoms with Crippen LogP contribution in [0.4, 0.5) is 5.69 Å². The highest BCUT2D eigenvalue weighted by Crippen LogP contribution is 2.26. The van der Waals surface area contributed by atoms with Crippen molar-refractivity contribution < 1.29 is 9.90 Å². The van der Waals surface area contributed by atoms with Gasteiger partial charge in [0.2, 0.25) is 0 Å². The minimum Gasteiger partial charge on any atom is -0.506 e. The maximum absolute atomic E-state index is 12.1. The van der Waals surface area contributed by atoms with Gasteiger partial charge in [-0.25, -0.2) is 4.98 Å². The molecule has 0 aliphatic heterocycles. The molecule has 0 saturated heterocycles. The molecule has 6 heteroatoms. The Morgan fingerprint density at radius 1 is 1.25 bits per heavy atom. The van der Waals surface area contributed by atoms with Crippen LogP contribution >= 0.6 is 11.6 Å². The molecule has 0 aliphatic carbocycles. The Labute approximate surface area is 119 Å². The van der Waals surface area contributed by atoms with Gasteiger partial charge in [-0.2, -0.15) is 0 Å². The second-order valence-corrected chi connectivity index (χ2v) is 4.66. The smallest absolute Gasteiger partial charge is 0.255 e. The number of imidazole rings is 1.